The van der Waals surface area contributed by atoms with Gasteiger partial charge in [-0.3, -0.25) is 0 Å². The summed E-state index contributed by atoms with van der Waals surface area (Å²) < 4.78 is 5.04. The molecule has 29 heavy (non-hydrogen) atoms. The van der Waals surface area contributed by atoms with E-state index in [0.29, 0.717) is 24.8 Å². The second kappa shape index (κ2) is 7.95. The molecule has 1 N–H and O–H groups in total. The highest BCUT2D eigenvalue weighted by Gasteiger charge is 2.22. The van der Waals surface area contributed by atoms with Crippen molar-refractivity contribution in [1.29, 1.82) is 0 Å². The molecular formula is C22H25N5O2. The first-order valence-corrected chi connectivity index (χ1v) is 9.79. The van der Waals surface area contributed by atoms with Crippen LogP contribution < -0.4 is 10.2 Å². The number of rotatable bonds is 3. The molecule has 1 aliphatic heterocycles. The van der Waals surface area contributed by atoms with Crippen molar-refractivity contribution < 1.29 is 9.32 Å². The molecule has 0 spiro atoms. The molecule has 2 aromatic carbocycles. The minimum absolute atomic E-state index is 0.0406. The fourth-order valence-corrected chi connectivity index (χ4v) is 3.49. The Hall–Kier alpha value is -3.35. The number of aryl methyl sites for hydroxylation is 2. The normalized spacial score (nSPS) is 14.2. The van der Waals surface area contributed by atoms with Crippen LogP contribution in [-0.4, -0.2) is 47.3 Å². The SMILES string of the molecule is Cc1nc(-c2ccc(N3CCN(C(=O)Nc4cccc(C)c4C)CC3)cc2)no1. The van der Waals surface area contributed by atoms with E-state index in [2.05, 4.69) is 45.5 Å². The lowest BCUT2D eigenvalue weighted by molar-refractivity contribution is 0.208. The summed E-state index contributed by atoms with van der Waals surface area (Å²) in [7, 11) is 0. The molecule has 0 unspecified atom stereocenters. The van der Waals surface area contributed by atoms with E-state index in [4.69, 9.17) is 4.52 Å². The summed E-state index contributed by atoms with van der Waals surface area (Å²) in [5.74, 6) is 1.15. The number of anilines is 2. The summed E-state index contributed by atoms with van der Waals surface area (Å²) >= 11 is 0. The van der Waals surface area contributed by atoms with Gasteiger partial charge in [-0.2, -0.15) is 4.98 Å². The van der Waals surface area contributed by atoms with Crippen molar-refractivity contribution >= 4 is 17.4 Å². The lowest BCUT2D eigenvalue weighted by Gasteiger charge is -2.36. The number of nitrogens with one attached hydrogen (secondary N) is 1. The largest absolute Gasteiger partial charge is 0.368 e. The second-order valence-corrected chi connectivity index (χ2v) is 7.34. The molecular weight excluding hydrogens is 366 g/mol. The molecule has 0 bridgehead atoms. The van der Waals surface area contributed by atoms with Crippen LogP contribution in [0.15, 0.2) is 47.0 Å². The van der Waals surface area contributed by atoms with Crippen LogP contribution in [-0.2, 0) is 0 Å². The summed E-state index contributed by atoms with van der Waals surface area (Å²) in [5, 5.41) is 7.00. The van der Waals surface area contributed by atoms with E-state index in [1.165, 1.54) is 5.56 Å². The third-order valence-electron chi connectivity index (χ3n) is 5.43. The van der Waals surface area contributed by atoms with Gasteiger partial charge in [0.2, 0.25) is 11.7 Å². The molecule has 3 aromatic rings. The third-order valence-corrected chi connectivity index (χ3v) is 5.43. The number of piperazine rings is 1. The van der Waals surface area contributed by atoms with Crippen molar-refractivity contribution in [3.05, 3.63) is 59.5 Å². The van der Waals surface area contributed by atoms with E-state index in [0.717, 1.165) is 35.6 Å². The molecule has 1 aliphatic rings. The van der Waals surface area contributed by atoms with Gasteiger partial charge in [-0.15, -0.1) is 0 Å². The Balaban J connectivity index is 1.35. The molecule has 7 nitrogen and oxygen atoms in total. The standard InChI is InChI=1S/C22H25N5O2/c1-15-5-4-6-20(16(15)2)24-22(28)27-13-11-26(12-14-27)19-9-7-18(8-10-19)21-23-17(3)29-25-21/h4-10H,11-14H2,1-3H3,(H,24,28). The highest BCUT2D eigenvalue weighted by atomic mass is 16.5. The van der Waals surface area contributed by atoms with Gasteiger partial charge >= 0.3 is 6.03 Å². The van der Waals surface area contributed by atoms with E-state index in [1.54, 1.807) is 6.92 Å². The number of benzene rings is 2. The Morgan fingerprint density at radius 1 is 1.00 bits per heavy atom. The number of carbonyl (C=O) groups is 1. The summed E-state index contributed by atoms with van der Waals surface area (Å²) in [5.41, 5.74) is 5.22. The average molecular weight is 391 g/mol. The Morgan fingerprint density at radius 3 is 2.38 bits per heavy atom. The average Bonchev–Trinajstić information content (AvgIpc) is 3.18. The zero-order valence-corrected chi connectivity index (χ0v) is 17.0. The van der Waals surface area contributed by atoms with Gasteiger partial charge in [0.05, 0.1) is 0 Å². The maximum Gasteiger partial charge on any atom is 0.321 e. The number of aromatic nitrogens is 2. The van der Waals surface area contributed by atoms with Gasteiger partial charge in [-0.1, -0.05) is 17.3 Å². The van der Waals surface area contributed by atoms with Crippen molar-refractivity contribution in [3.8, 4) is 11.4 Å². The molecule has 0 atom stereocenters. The number of nitrogens with zero attached hydrogens (tertiary/aromatic N) is 4. The number of hydrogen-bond donors (Lipinski definition) is 1. The van der Waals surface area contributed by atoms with Crippen LogP contribution in [0.3, 0.4) is 0 Å². The summed E-state index contributed by atoms with van der Waals surface area (Å²) in [4.78, 5) is 21.1. The Labute approximate surface area is 170 Å². The maximum atomic E-state index is 12.7. The predicted molar refractivity (Wildman–Crippen MR) is 113 cm³/mol. The van der Waals surface area contributed by atoms with Crippen LogP contribution >= 0.6 is 0 Å². The molecule has 0 radical (unpaired) electrons. The minimum atomic E-state index is -0.0406. The Bertz CT molecular complexity index is 1000. The van der Waals surface area contributed by atoms with E-state index < -0.39 is 0 Å². The summed E-state index contributed by atoms with van der Waals surface area (Å²) in [6, 6.07) is 14.0. The topological polar surface area (TPSA) is 74.5 Å². The van der Waals surface area contributed by atoms with Gasteiger partial charge in [0.15, 0.2) is 0 Å². The van der Waals surface area contributed by atoms with Crippen LogP contribution in [0.5, 0.6) is 0 Å². The van der Waals surface area contributed by atoms with Crippen LogP contribution in [0.1, 0.15) is 17.0 Å². The van der Waals surface area contributed by atoms with Gasteiger partial charge in [-0.05, 0) is 55.3 Å². The molecule has 4 rings (SSSR count). The first kappa shape index (κ1) is 19.0. The molecule has 2 amide bonds. The van der Waals surface area contributed by atoms with Gasteiger partial charge in [0.1, 0.15) is 0 Å². The van der Waals surface area contributed by atoms with E-state index >= 15 is 0 Å². The molecule has 1 saturated heterocycles. The van der Waals surface area contributed by atoms with Crippen LogP contribution in [0.2, 0.25) is 0 Å². The monoisotopic (exact) mass is 391 g/mol. The number of amides is 2. The van der Waals surface area contributed by atoms with Crippen molar-refractivity contribution in [2.24, 2.45) is 0 Å². The first-order valence-electron chi connectivity index (χ1n) is 9.79. The van der Waals surface area contributed by atoms with Gasteiger partial charge in [0.25, 0.3) is 0 Å². The highest BCUT2D eigenvalue weighted by Crippen LogP contribution is 2.23. The third kappa shape index (κ3) is 4.08. The maximum absolute atomic E-state index is 12.7. The zero-order chi connectivity index (χ0) is 20.4. The van der Waals surface area contributed by atoms with Gasteiger partial charge in [-0.25, -0.2) is 4.79 Å². The zero-order valence-electron chi connectivity index (χ0n) is 17.0. The minimum Gasteiger partial charge on any atom is -0.368 e. The van der Waals surface area contributed by atoms with Crippen molar-refractivity contribution in [1.82, 2.24) is 15.0 Å². The second-order valence-electron chi connectivity index (χ2n) is 7.34. The highest BCUT2D eigenvalue weighted by molar-refractivity contribution is 5.90. The van der Waals surface area contributed by atoms with Crippen molar-refractivity contribution in [2.45, 2.75) is 20.8 Å². The van der Waals surface area contributed by atoms with E-state index in [1.807, 2.05) is 36.1 Å². The quantitative estimate of drug-likeness (QED) is 0.730. The van der Waals surface area contributed by atoms with Crippen LogP contribution in [0.25, 0.3) is 11.4 Å². The lowest BCUT2D eigenvalue weighted by Crippen LogP contribution is -2.50. The number of carbonyl (C=O) groups excluding carboxylic acids is 1. The van der Waals surface area contributed by atoms with Gasteiger partial charge in [0, 0.05) is 50.0 Å². The molecule has 7 heteroatoms. The van der Waals surface area contributed by atoms with Crippen molar-refractivity contribution in [3.63, 3.8) is 0 Å². The molecule has 0 aliphatic carbocycles. The van der Waals surface area contributed by atoms with E-state index in [-0.39, 0.29) is 6.03 Å². The molecule has 0 saturated carbocycles. The fraction of sp³-hybridized carbons (Fsp3) is 0.318. The van der Waals surface area contributed by atoms with E-state index in [9.17, 15) is 4.79 Å². The predicted octanol–water partition coefficient (Wildman–Crippen LogP) is 4.02. The smallest absolute Gasteiger partial charge is 0.321 e. The molecule has 150 valence electrons. The van der Waals surface area contributed by atoms with Crippen LogP contribution in [0, 0.1) is 20.8 Å². The van der Waals surface area contributed by atoms with Crippen molar-refractivity contribution in [2.75, 3.05) is 36.4 Å². The first-order chi connectivity index (χ1) is 14.0. The van der Waals surface area contributed by atoms with Gasteiger partial charge < -0.3 is 19.6 Å². The summed E-state index contributed by atoms with van der Waals surface area (Å²) in [6.45, 7) is 8.81. The van der Waals surface area contributed by atoms with Crippen LogP contribution in [0.4, 0.5) is 16.2 Å². The number of urea groups is 1. The summed E-state index contributed by atoms with van der Waals surface area (Å²) in [6.07, 6.45) is 0. The lowest BCUT2D eigenvalue weighted by atomic mass is 10.1. The Kier molecular flexibility index (Phi) is 5.20. The number of hydrogen-bond acceptors (Lipinski definition) is 5. The fourth-order valence-electron chi connectivity index (χ4n) is 3.49. The molecule has 1 aromatic heterocycles. The Morgan fingerprint density at radius 2 is 1.72 bits per heavy atom. The molecule has 2 heterocycles. The molecule has 1 fully saturated rings.